The van der Waals surface area contributed by atoms with Gasteiger partial charge in [0.25, 0.3) is 5.91 Å². The molecule has 0 aliphatic carbocycles. The summed E-state index contributed by atoms with van der Waals surface area (Å²) in [6.07, 6.45) is -2.01. The number of carbonyl (C=O) groups is 1. The van der Waals surface area contributed by atoms with Crippen LogP contribution in [-0.2, 0) is 6.54 Å². The van der Waals surface area contributed by atoms with Crippen molar-refractivity contribution in [1.29, 1.82) is 0 Å². The number of rotatable bonds is 5. The number of hydrogen-bond acceptors (Lipinski definition) is 4. The summed E-state index contributed by atoms with van der Waals surface area (Å²) in [5.41, 5.74) is 6.54. The number of pyridine rings is 1. The molecule has 138 valence electrons. The Morgan fingerprint density at radius 3 is 2.75 bits per heavy atom. The molecular formula is C14H21Cl2F3N4O. The number of alkyl halides is 3. The van der Waals surface area contributed by atoms with E-state index >= 15 is 0 Å². The van der Waals surface area contributed by atoms with Crippen LogP contribution in [0.25, 0.3) is 0 Å². The van der Waals surface area contributed by atoms with E-state index in [0.29, 0.717) is 37.3 Å². The van der Waals surface area contributed by atoms with Gasteiger partial charge in [0.05, 0.1) is 12.2 Å². The maximum Gasteiger partial charge on any atom is 0.401 e. The third kappa shape index (κ3) is 7.21. The molecule has 0 radical (unpaired) electrons. The monoisotopic (exact) mass is 388 g/mol. The van der Waals surface area contributed by atoms with Crippen LogP contribution in [0.3, 0.4) is 0 Å². The van der Waals surface area contributed by atoms with E-state index in [1.54, 1.807) is 12.1 Å². The van der Waals surface area contributed by atoms with Crippen LogP contribution in [0.2, 0.25) is 0 Å². The van der Waals surface area contributed by atoms with Crippen molar-refractivity contribution in [3.05, 3.63) is 29.6 Å². The fourth-order valence-corrected chi connectivity index (χ4v) is 2.55. The van der Waals surface area contributed by atoms with Gasteiger partial charge in [0.1, 0.15) is 0 Å². The van der Waals surface area contributed by atoms with E-state index < -0.39 is 12.7 Å². The summed E-state index contributed by atoms with van der Waals surface area (Å²) in [6.45, 7) is 0.488. The average Bonchev–Trinajstić information content (AvgIpc) is 2.90. The topological polar surface area (TPSA) is 71.2 Å². The second-order valence-electron chi connectivity index (χ2n) is 5.45. The van der Waals surface area contributed by atoms with Gasteiger partial charge in [0, 0.05) is 31.4 Å². The van der Waals surface area contributed by atoms with Crippen LogP contribution in [0, 0.1) is 5.92 Å². The highest BCUT2D eigenvalue weighted by molar-refractivity contribution is 5.94. The number of nitrogens with zero attached hydrogens (tertiary/aromatic N) is 2. The van der Waals surface area contributed by atoms with Crippen molar-refractivity contribution in [1.82, 2.24) is 15.2 Å². The highest BCUT2D eigenvalue weighted by atomic mass is 35.5. The fourth-order valence-electron chi connectivity index (χ4n) is 2.55. The van der Waals surface area contributed by atoms with Gasteiger partial charge < -0.3 is 11.1 Å². The van der Waals surface area contributed by atoms with Gasteiger partial charge in [-0.05, 0) is 31.0 Å². The predicted octanol–water partition coefficient (Wildman–Crippen LogP) is 2.00. The predicted molar refractivity (Wildman–Crippen MR) is 89.6 cm³/mol. The Bertz CT molecular complexity index is 531. The van der Waals surface area contributed by atoms with Crippen molar-refractivity contribution in [3.8, 4) is 0 Å². The molecule has 1 aliphatic heterocycles. The number of nitrogens with one attached hydrogen (secondary N) is 1. The number of nitrogens with two attached hydrogens (primary N) is 1. The van der Waals surface area contributed by atoms with Gasteiger partial charge in [-0.1, -0.05) is 0 Å². The van der Waals surface area contributed by atoms with Crippen molar-refractivity contribution in [2.24, 2.45) is 11.7 Å². The van der Waals surface area contributed by atoms with Gasteiger partial charge in [0.2, 0.25) is 0 Å². The first-order valence-electron chi connectivity index (χ1n) is 7.09. The van der Waals surface area contributed by atoms with E-state index in [-0.39, 0.29) is 43.2 Å². The summed E-state index contributed by atoms with van der Waals surface area (Å²) < 4.78 is 36.9. The van der Waals surface area contributed by atoms with Crippen molar-refractivity contribution in [2.75, 3.05) is 26.2 Å². The standard InChI is InChI=1S/C14H19F3N4O.2ClH/c15-14(16,17)9-21-4-2-10(8-21)7-20-13(22)11-1-3-19-12(5-11)6-18;;/h1,3,5,10H,2,4,6-9,18H2,(H,20,22);2*1H. The first-order valence-corrected chi connectivity index (χ1v) is 7.09. The van der Waals surface area contributed by atoms with E-state index in [4.69, 9.17) is 5.73 Å². The Morgan fingerprint density at radius 1 is 1.42 bits per heavy atom. The molecule has 0 saturated carbocycles. The Kier molecular flexibility index (Phi) is 9.57. The average molecular weight is 389 g/mol. The quantitative estimate of drug-likeness (QED) is 0.808. The highest BCUT2D eigenvalue weighted by Gasteiger charge is 2.34. The Morgan fingerprint density at radius 2 is 2.12 bits per heavy atom. The first-order chi connectivity index (χ1) is 10.4. The van der Waals surface area contributed by atoms with Crippen molar-refractivity contribution in [3.63, 3.8) is 0 Å². The Balaban J connectivity index is 0.00000264. The SMILES string of the molecule is Cl.Cl.NCc1cc(C(=O)NCC2CCN(CC(F)(F)F)C2)ccn1. The molecule has 1 aromatic rings. The lowest BCUT2D eigenvalue weighted by Crippen LogP contribution is -2.34. The van der Waals surface area contributed by atoms with E-state index in [2.05, 4.69) is 10.3 Å². The largest absolute Gasteiger partial charge is 0.401 e. The van der Waals surface area contributed by atoms with Crippen LogP contribution < -0.4 is 11.1 Å². The molecule has 24 heavy (non-hydrogen) atoms. The number of amides is 1. The lowest BCUT2D eigenvalue weighted by molar-refractivity contribution is -0.143. The summed E-state index contributed by atoms with van der Waals surface area (Å²) in [5.74, 6) is -0.214. The van der Waals surface area contributed by atoms with Crippen LogP contribution in [0.5, 0.6) is 0 Å². The van der Waals surface area contributed by atoms with Gasteiger partial charge in [-0.25, -0.2) is 0 Å². The van der Waals surface area contributed by atoms with Gasteiger partial charge in [-0.15, -0.1) is 24.8 Å². The molecule has 0 bridgehead atoms. The molecule has 0 spiro atoms. The van der Waals surface area contributed by atoms with E-state index in [1.165, 1.54) is 11.1 Å². The molecule has 3 N–H and O–H groups in total. The normalized spacial score (nSPS) is 17.8. The molecule has 0 aromatic carbocycles. The molecule has 2 heterocycles. The second kappa shape index (κ2) is 10.0. The maximum atomic E-state index is 12.3. The number of hydrogen-bond donors (Lipinski definition) is 2. The summed E-state index contributed by atoms with van der Waals surface area (Å²) >= 11 is 0. The third-order valence-electron chi connectivity index (χ3n) is 3.61. The molecule has 1 fully saturated rings. The molecule has 1 saturated heterocycles. The van der Waals surface area contributed by atoms with Gasteiger partial charge in [-0.2, -0.15) is 13.2 Å². The molecule has 5 nitrogen and oxygen atoms in total. The molecular weight excluding hydrogens is 368 g/mol. The number of halogens is 5. The summed E-state index contributed by atoms with van der Waals surface area (Å²) in [5, 5.41) is 2.76. The molecule has 2 rings (SSSR count). The minimum absolute atomic E-state index is 0. The second-order valence-corrected chi connectivity index (χ2v) is 5.45. The van der Waals surface area contributed by atoms with Gasteiger partial charge in [-0.3, -0.25) is 14.7 Å². The number of aromatic nitrogens is 1. The molecule has 1 unspecified atom stereocenters. The summed E-state index contributed by atoms with van der Waals surface area (Å²) in [6, 6.07) is 3.19. The lowest BCUT2D eigenvalue weighted by Gasteiger charge is -2.18. The van der Waals surface area contributed by atoms with E-state index in [0.717, 1.165) is 0 Å². The summed E-state index contributed by atoms with van der Waals surface area (Å²) in [7, 11) is 0. The molecule has 1 aliphatic rings. The molecule has 10 heteroatoms. The van der Waals surface area contributed by atoms with Gasteiger partial charge >= 0.3 is 6.18 Å². The third-order valence-corrected chi connectivity index (χ3v) is 3.61. The Hall–Kier alpha value is -1.09. The minimum atomic E-state index is -4.17. The fraction of sp³-hybridized carbons (Fsp3) is 0.571. The highest BCUT2D eigenvalue weighted by Crippen LogP contribution is 2.22. The van der Waals surface area contributed by atoms with Crippen LogP contribution in [0.1, 0.15) is 22.5 Å². The summed E-state index contributed by atoms with van der Waals surface area (Å²) in [4.78, 5) is 17.4. The Labute approximate surface area is 151 Å². The zero-order valence-electron chi connectivity index (χ0n) is 12.9. The van der Waals surface area contributed by atoms with Crippen molar-refractivity contribution in [2.45, 2.75) is 19.1 Å². The molecule has 1 amide bonds. The van der Waals surface area contributed by atoms with Crippen LogP contribution in [0.15, 0.2) is 18.3 Å². The lowest BCUT2D eigenvalue weighted by atomic mass is 10.1. The molecule has 1 aromatic heterocycles. The van der Waals surface area contributed by atoms with E-state index in [1.807, 2.05) is 0 Å². The maximum absolute atomic E-state index is 12.3. The number of likely N-dealkylation sites (tertiary alicyclic amines) is 1. The molecule has 1 atom stereocenters. The van der Waals surface area contributed by atoms with Crippen molar-refractivity contribution >= 4 is 30.7 Å². The van der Waals surface area contributed by atoms with Gasteiger partial charge in [0.15, 0.2) is 0 Å². The van der Waals surface area contributed by atoms with E-state index in [9.17, 15) is 18.0 Å². The van der Waals surface area contributed by atoms with Crippen LogP contribution in [0.4, 0.5) is 13.2 Å². The zero-order chi connectivity index (χ0) is 16.2. The minimum Gasteiger partial charge on any atom is -0.352 e. The van der Waals surface area contributed by atoms with Crippen LogP contribution >= 0.6 is 24.8 Å². The first kappa shape index (κ1) is 22.9. The van der Waals surface area contributed by atoms with Crippen LogP contribution in [-0.4, -0.2) is 48.1 Å². The zero-order valence-corrected chi connectivity index (χ0v) is 14.5. The van der Waals surface area contributed by atoms with Crippen molar-refractivity contribution < 1.29 is 18.0 Å². The smallest absolute Gasteiger partial charge is 0.352 e. The number of carbonyl (C=O) groups excluding carboxylic acids is 1.